The van der Waals surface area contributed by atoms with Crippen molar-refractivity contribution in [3.05, 3.63) is 11.3 Å². The fourth-order valence-electron chi connectivity index (χ4n) is 1.73. The molecule has 2 N–H and O–H groups in total. The van der Waals surface area contributed by atoms with Crippen LogP contribution in [-0.2, 0) is 4.74 Å². The van der Waals surface area contributed by atoms with Gasteiger partial charge in [0.2, 0.25) is 0 Å². The molecule has 17 heavy (non-hydrogen) atoms. The molecule has 0 amide bonds. The molecule has 0 saturated carbocycles. The number of nitrogens with two attached hydrogens (primary N) is 1. The molecular weight excluding hydrogens is 214 g/mol. The number of rotatable bonds is 4. The van der Waals surface area contributed by atoms with Gasteiger partial charge < -0.3 is 10.5 Å². The number of hydrogen-bond donors (Lipinski definition) is 1. The van der Waals surface area contributed by atoms with Crippen LogP contribution in [0.3, 0.4) is 0 Å². The van der Waals surface area contributed by atoms with Crippen molar-refractivity contribution in [2.24, 2.45) is 21.1 Å². The van der Waals surface area contributed by atoms with Crippen LogP contribution in [0.5, 0.6) is 0 Å². The van der Waals surface area contributed by atoms with Crippen molar-refractivity contribution >= 4 is 12.6 Å². The maximum atomic E-state index is 5.37. The van der Waals surface area contributed by atoms with Gasteiger partial charge in [-0.25, -0.2) is 4.99 Å². The van der Waals surface area contributed by atoms with E-state index in [2.05, 4.69) is 16.9 Å². The fraction of sp³-hybridized carbons (Fsp3) is 0.692. The topological polar surface area (TPSA) is 60.0 Å². The molecule has 0 aliphatic carbocycles. The minimum Gasteiger partial charge on any atom is -0.390 e. The molecule has 0 radical (unpaired) electrons. The maximum Gasteiger partial charge on any atom is 0.0856 e. The van der Waals surface area contributed by atoms with Gasteiger partial charge in [-0.2, -0.15) is 0 Å². The summed E-state index contributed by atoms with van der Waals surface area (Å²) >= 11 is 0. The SMILES string of the molecule is CC(C=NCC1(C)CCOCC1)=C(C)N=CN. The van der Waals surface area contributed by atoms with Gasteiger partial charge in [0.1, 0.15) is 0 Å². The van der Waals surface area contributed by atoms with E-state index in [1.165, 1.54) is 6.34 Å². The number of aliphatic imine (C=N–C) groups is 2. The van der Waals surface area contributed by atoms with E-state index in [-0.39, 0.29) is 0 Å². The quantitative estimate of drug-likeness (QED) is 0.601. The zero-order valence-corrected chi connectivity index (χ0v) is 11.1. The van der Waals surface area contributed by atoms with Gasteiger partial charge in [0.25, 0.3) is 0 Å². The Labute approximate surface area is 104 Å². The van der Waals surface area contributed by atoms with E-state index in [0.717, 1.165) is 43.9 Å². The molecule has 1 saturated heterocycles. The lowest BCUT2D eigenvalue weighted by atomic mass is 9.82. The first-order valence-electron chi connectivity index (χ1n) is 6.07. The summed E-state index contributed by atoms with van der Waals surface area (Å²) in [6.45, 7) is 8.78. The summed E-state index contributed by atoms with van der Waals surface area (Å²) in [4.78, 5) is 8.55. The van der Waals surface area contributed by atoms with Gasteiger partial charge in [0.05, 0.1) is 6.34 Å². The molecule has 0 atom stereocenters. The number of nitrogens with zero attached hydrogens (tertiary/aromatic N) is 2. The van der Waals surface area contributed by atoms with E-state index in [1.54, 1.807) is 0 Å². The third-order valence-electron chi connectivity index (χ3n) is 3.30. The van der Waals surface area contributed by atoms with E-state index < -0.39 is 0 Å². The van der Waals surface area contributed by atoms with Crippen LogP contribution in [0.4, 0.5) is 0 Å². The average molecular weight is 237 g/mol. The average Bonchev–Trinajstić information content (AvgIpc) is 2.30. The predicted molar refractivity (Wildman–Crippen MR) is 72.6 cm³/mol. The van der Waals surface area contributed by atoms with Crippen LogP contribution >= 0.6 is 0 Å². The highest BCUT2D eigenvalue weighted by atomic mass is 16.5. The number of hydrogen-bond acceptors (Lipinski definition) is 3. The highest BCUT2D eigenvalue weighted by Gasteiger charge is 2.26. The molecular formula is C13H23N3O. The van der Waals surface area contributed by atoms with Crippen molar-refractivity contribution in [2.45, 2.75) is 33.6 Å². The molecule has 1 fully saturated rings. The second-order valence-electron chi connectivity index (χ2n) is 4.94. The van der Waals surface area contributed by atoms with Gasteiger partial charge in [0, 0.05) is 31.7 Å². The Morgan fingerprint density at radius 3 is 2.59 bits per heavy atom. The fourth-order valence-corrected chi connectivity index (χ4v) is 1.73. The maximum absolute atomic E-state index is 5.37. The molecule has 1 aliphatic rings. The smallest absolute Gasteiger partial charge is 0.0856 e. The third kappa shape index (κ3) is 4.69. The normalized spacial score (nSPS) is 22.1. The van der Waals surface area contributed by atoms with Crippen LogP contribution < -0.4 is 5.73 Å². The molecule has 1 aliphatic heterocycles. The zero-order chi connectivity index (χ0) is 12.7. The molecule has 0 unspecified atom stereocenters. The molecule has 0 aromatic heterocycles. The van der Waals surface area contributed by atoms with Crippen molar-refractivity contribution in [2.75, 3.05) is 19.8 Å². The van der Waals surface area contributed by atoms with Crippen molar-refractivity contribution in [1.82, 2.24) is 0 Å². The highest BCUT2D eigenvalue weighted by Crippen LogP contribution is 2.29. The molecule has 4 nitrogen and oxygen atoms in total. The van der Waals surface area contributed by atoms with Gasteiger partial charge in [-0.3, -0.25) is 4.99 Å². The molecule has 96 valence electrons. The predicted octanol–water partition coefficient (Wildman–Crippen LogP) is 2.15. The lowest BCUT2D eigenvalue weighted by Crippen LogP contribution is -2.29. The molecule has 0 aromatic carbocycles. The second-order valence-corrected chi connectivity index (χ2v) is 4.94. The monoisotopic (exact) mass is 237 g/mol. The third-order valence-corrected chi connectivity index (χ3v) is 3.30. The van der Waals surface area contributed by atoms with Gasteiger partial charge >= 0.3 is 0 Å². The Balaban J connectivity index is 2.51. The van der Waals surface area contributed by atoms with Crippen LogP contribution in [-0.4, -0.2) is 32.3 Å². The van der Waals surface area contributed by atoms with Crippen LogP contribution in [0.1, 0.15) is 33.6 Å². The first-order valence-corrected chi connectivity index (χ1v) is 6.07. The Morgan fingerprint density at radius 1 is 1.35 bits per heavy atom. The number of allylic oxidation sites excluding steroid dienone is 2. The standard InChI is InChI=1S/C13H23N3O/c1-11(12(2)16-10-14)8-15-9-13(3)4-6-17-7-5-13/h8,10H,4-7,9H2,1-3H3,(H2,14,16). The van der Waals surface area contributed by atoms with Crippen molar-refractivity contribution in [1.29, 1.82) is 0 Å². The van der Waals surface area contributed by atoms with E-state index in [9.17, 15) is 0 Å². The molecule has 0 aromatic rings. The second kappa shape index (κ2) is 6.55. The van der Waals surface area contributed by atoms with Crippen LogP contribution in [0, 0.1) is 5.41 Å². The summed E-state index contributed by atoms with van der Waals surface area (Å²) in [5.74, 6) is 0. The lowest BCUT2D eigenvalue weighted by Gasteiger charge is -2.31. The molecule has 4 heteroatoms. The van der Waals surface area contributed by atoms with Crippen LogP contribution in [0.15, 0.2) is 21.3 Å². The summed E-state index contributed by atoms with van der Waals surface area (Å²) in [5.41, 5.74) is 7.51. The highest BCUT2D eigenvalue weighted by molar-refractivity contribution is 5.79. The van der Waals surface area contributed by atoms with Crippen molar-refractivity contribution in [3.8, 4) is 0 Å². The summed E-state index contributed by atoms with van der Waals surface area (Å²) in [5, 5.41) is 0. The minimum absolute atomic E-state index is 0.292. The minimum atomic E-state index is 0.292. The molecule has 0 spiro atoms. The van der Waals surface area contributed by atoms with Gasteiger partial charge in [-0.15, -0.1) is 0 Å². The van der Waals surface area contributed by atoms with Gasteiger partial charge in [-0.1, -0.05) is 6.92 Å². The van der Waals surface area contributed by atoms with Crippen LogP contribution in [0.25, 0.3) is 0 Å². The van der Waals surface area contributed by atoms with E-state index in [1.807, 2.05) is 20.1 Å². The number of ether oxygens (including phenoxy) is 1. The first-order chi connectivity index (χ1) is 8.07. The molecule has 0 bridgehead atoms. The Bertz CT molecular complexity index is 326. The summed E-state index contributed by atoms with van der Waals surface area (Å²) in [6, 6.07) is 0. The van der Waals surface area contributed by atoms with Gasteiger partial charge in [0.15, 0.2) is 0 Å². The van der Waals surface area contributed by atoms with Gasteiger partial charge in [-0.05, 0) is 37.7 Å². The van der Waals surface area contributed by atoms with Crippen LogP contribution in [0.2, 0.25) is 0 Å². The Morgan fingerprint density at radius 2 is 2.00 bits per heavy atom. The molecule has 1 heterocycles. The van der Waals surface area contributed by atoms with E-state index in [4.69, 9.17) is 10.5 Å². The lowest BCUT2D eigenvalue weighted by molar-refractivity contribution is 0.0284. The summed E-state index contributed by atoms with van der Waals surface area (Å²) < 4.78 is 5.37. The van der Waals surface area contributed by atoms with Crippen molar-refractivity contribution < 1.29 is 4.74 Å². The first kappa shape index (κ1) is 13.9. The summed E-state index contributed by atoms with van der Waals surface area (Å²) in [7, 11) is 0. The summed E-state index contributed by atoms with van der Waals surface area (Å²) in [6.07, 6.45) is 5.38. The van der Waals surface area contributed by atoms with E-state index in [0.29, 0.717) is 5.41 Å². The largest absolute Gasteiger partial charge is 0.390 e. The Kier molecular flexibility index (Phi) is 5.35. The van der Waals surface area contributed by atoms with Crippen molar-refractivity contribution in [3.63, 3.8) is 0 Å². The molecule has 1 rings (SSSR count). The Hall–Kier alpha value is -1.16. The zero-order valence-electron chi connectivity index (χ0n) is 11.1. The van der Waals surface area contributed by atoms with E-state index >= 15 is 0 Å².